The zero-order valence-electron chi connectivity index (χ0n) is 25.5. The molecule has 2 aliphatic rings. The van der Waals surface area contributed by atoms with Crippen LogP contribution in [0.4, 0.5) is 4.79 Å². The monoisotopic (exact) mass is 662 g/mol. The average Bonchev–Trinajstić information content (AvgIpc) is 3.44. The highest BCUT2D eigenvalue weighted by molar-refractivity contribution is 8.76. The number of nitrogens with one attached hydrogen (secondary N) is 1. The van der Waals surface area contributed by atoms with Crippen molar-refractivity contribution in [2.75, 3.05) is 25.5 Å². The number of ether oxygens (including phenoxy) is 3. The molecule has 0 unspecified atom stereocenters. The summed E-state index contributed by atoms with van der Waals surface area (Å²) in [7, 11) is 3.12. The van der Waals surface area contributed by atoms with Gasteiger partial charge in [-0.2, -0.15) is 0 Å². The number of rotatable bonds is 12. The molecule has 0 saturated carbocycles. The van der Waals surface area contributed by atoms with Crippen LogP contribution in [0.15, 0.2) is 58.5 Å². The lowest BCUT2D eigenvalue weighted by Crippen LogP contribution is -2.44. The quantitative estimate of drug-likeness (QED) is 0.106. The summed E-state index contributed by atoms with van der Waals surface area (Å²) in [5, 5.41) is 15.7. The fraction of sp³-hybridized carbons (Fsp3) is 0.364. The maximum absolute atomic E-state index is 13.5. The Bertz CT molecular complexity index is 1850. The van der Waals surface area contributed by atoms with E-state index in [1.54, 1.807) is 45.3 Å². The predicted molar refractivity (Wildman–Crippen MR) is 176 cm³/mol. The molecular weight excluding hydrogens is 629 g/mol. The molecule has 0 aliphatic carbocycles. The number of carbonyl (C=O) groups is 2. The van der Waals surface area contributed by atoms with Gasteiger partial charge in [-0.3, -0.25) is 4.79 Å². The van der Waals surface area contributed by atoms with E-state index in [4.69, 9.17) is 19.2 Å². The lowest BCUT2D eigenvalue weighted by atomic mass is 9.86. The van der Waals surface area contributed by atoms with Gasteiger partial charge in [-0.15, -0.1) is 0 Å². The van der Waals surface area contributed by atoms with Crippen LogP contribution < -0.4 is 15.6 Å². The molecule has 0 radical (unpaired) electrons. The summed E-state index contributed by atoms with van der Waals surface area (Å²) in [6.07, 6.45) is 2.68. The van der Waals surface area contributed by atoms with E-state index in [9.17, 15) is 19.5 Å². The predicted octanol–water partition coefficient (Wildman–Crippen LogP) is 4.97. The Kier molecular flexibility index (Phi) is 9.52. The molecular formula is C33H34N4O7S2. The van der Waals surface area contributed by atoms with Crippen LogP contribution in [0.3, 0.4) is 0 Å². The van der Waals surface area contributed by atoms with Crippen molar-refractivity contribution in [3.8, 4) is 17.1 Å². The van der Waals surface area contributed by atoms with Gasteiger partial charge in [-0.1, -0.05) is 30.7 Å². The van der Waals surface area contributed by atoms with Gasteiger partial charge in [0.2, 0.25) is 0 Å². The highest BCUT2D eigenvalue weighted by atomic mass is 33.1. The SMILES string of the molecule is CCc1c2c(nc3ccc(OCCCNC(=O)OCCSSc4ccccn4)cc13)-c1cc3c(c(=O)n1C2)COC(=O)[C@]3(O)CC. The number of esters is 1. The topological polar surface area (TPSA) is 142 Å². The molecule has 4 aromatic rings. The molecule has 0 bridgehead atoms. The van der Waals surface area contributed by atoms with E-state index in [0.29, 0.717) is 73.2 Å². The summed E-state index contributed by atoms with van der Waals surface area (Å²) in [5.74, 6) is 0.595. The van der Waals surface area contributed by atoms with E-state index in [1.807, 2.05) is 36.4 Å². The van der Waals surface area contributed by atoms with Gasteiger partial charge in [0, 0.05) is 35.0 Å². The molecule has 2 aliphatic heterocycles. The number of carbonyl (C=O) groups excluding carboxylic acids is 2. The summed E-state index contributed by atoms with van der Waals surface area (Å²) in [5.41, 5.74) is 2.48. The van der Waals surface area contributed by atoms with Crippen molar-refractivity contribution in [2.45, 2.75) is 56.9 Å². The van der Waals surface area contributed by atoms with Crippen molar-refractivity contribution in [1.82, 2.24) is 19.9 Å². The summed E-state index contributed by atoms with van der Waals surface area (Å²) < 4.78 is 18.1. The normalized spacial score (nSPS) is 16.4. The molecule has 46 heavy (non-hydrogen) atoms. The number of hydrogen-bond donors (Lipinski definition) is 2. The van der Waals surface area contributed by atoms with E-state index in [0.717, 1.165) is 27.1 Å². The minimum Gasteiger partial charge on any atom is -0.494 e. The Hall–Kier alpha value is -4.07. The van der Waals surface area contributed by atoms with Gasteiger partial charge < -0.3 is 29.2 Å². The maximum Gasteiger partial charge on any atom is 0.407 e. The van der Waals surface area contributed by atoms with Crippen molar-refractivity contribution >= 4 is 44.6 Å². The smallest absolute Gasteiger partial charge is 0.407 e. The summed E-state index contributed by atoms with van der Waals surface area (Å²) in [6.45, 7) is 5.05. The van der Waals surface area contributed by atoms with Gasteiger partial charge in [0.25, 0.3) is 5.56 Å². The van der Waals surface area contributed by atoms with E-state index < -0.39 is 17.7 Å². The molecule has 0 saturated heterocycles. The molecule has 1 aromatic carbocycles. The van der Waals surface area contributed by atoms with Crippen molar-refractivity contribution < 1.29 is 28.9 Å². The Morgan fingerprint density at radius 1 is 1.15 bits per heavy atom. The van der Waals surface area contributed by atoms with Crippen molar-refractivity contribution in [1.29, 1.82) is 0 Å². The third-order valence-electron chi connectivity index (χ3n) is 8.17. The molecule has 2 N–H and O–H groups in total. The van der Waals surface area contributed by atoms with Crippen LogP contribution in [0.5, 0.6) is 5.75 Å². The number of nitrogens with zero attached hydrogens (tertiary/aromatic N) is 3. The first-order valence-electron chi connectivity index (χ1n) is 15.2. The van der Waals surface area contributed by atoms with Crippen LogP contribution in [0.25, 0.3) is 22.3 Å². The molecule has 0 fully saturated rings. The number of hydrogen-bond acceptors (Lipinski definition) is 11. The minimum absolute atomic E-state index is 0.0925. The number of cyclic esters (lactones) is 1. The summed E-state index contributed by atoms with van der Waals surface area (Å²) in [6, 6.07) is 13.2. The van der Waals surface area contributed by atoms with Crippen molar-refractivity contribution in [2.24, 2.45) is 0 Å². The number of aromatic nitrogens is 3. The first-order chi connectivity index (χ1) is 22.3. The number of aryl methyl sites for hydroxylation is 1. The van der Waals surface area contributed by atoms with Crippen LogP contribution >= 0.6 is 21.6 Å². The number of alkyl carbamates (subject to hydrolysis) is 1. The zero-order chi connectivity index (χ0) is 32.3. The fourth-order valence-electron chi connectivity index (χ4n) is 5.80. The van der Waals surface area contributed by atoms with Gasteiger partial charge in [0.05, 0.1) is 35.6 Å². The van der Waals surface area contributed by atoms with Gasteiger partial charge in [-0.05, 0) is 72.0 Å². The number of benzene rings is 1. The first-order valence-corrected chi connectivity index (χ1v) is 17.5. The Balaban J connectivity index is 1.07. The Labute approximate surface area is 273 Å². The number of fused-ring (bicyclic) bond motifs is 5. The van der Waals surface area contributed by atoms with E-state index >= 15 is 0 Å². The summed E-state index contributed by atoms with van der Waals surface area (Å²) in [4.78, 5) is 47.2. The molecule has 1 amide bonds. The highest BCUT2D eigenvalue weighted by Gasteiger charge is 2.45. The number of aliphatic hydroxyl groups is 1. The molecule has 13 heteroatoms. The molecule has 6 rings (SSSR count). The van der Waals surface area contributed by atoms with Crippen LogP contribution in [-0.2, 0) is 39.4 Å². The van der Waals surface area contributed by atoms with E-state index in [2.05, 4.69) is 17.2 Å². The highest BCUT2D eigenvalue weighted by Crippen LogP contribution is 2.40. The molecule has 5 heterocycles. The minimum atomic E-state index is -1.86. The van der Waals surface area contributed by atoms with Gasteiger partial charge in [0.1, 0.15) is 24.0 Å². The van der Waals surface area contributed by atoms with Crippen molar-refractivity contribution in [3.05, 3.63) is 81.3 Å². The molecule has 240 valence electrons. The molecule has 11 nitrogen and oxygen atoms in total. The Morgan fingerprint density at radius 3 is 2.80 bits per heavy atom. The zero-order valence-corrected chi connectivity index (χ0v) is 27.2. The third kappa shape index (κ3) is 6.18. The lowest BCUT2D eigenvalue weighted by molar-refractivity contribution is -0.172. The lowest BCUT2D eigenvalue weighted by Gasteiger charge is -2.31. The Morgan fingerprint density at radius 2 is 2.02 bits per heavy atom. The molecule has 0 spiro atoms. The average molecular weight is 663 g/mol. The number of pyridine rings is 3. The second kappa shape index (κ2) is 13.7. The maximum atomic E-state index is 13.5. The fourth-order valence-corrected chi connectivity index (χ4v) is 7.51. The van der Waals surface area contributed by atoms with Crippen molar-refractivity contribution in [3.63, 3.8) is 0 Å². The van der Waals surface area contributed by atoms with Crippen LogP contribution in [-0.4, -0.2) is 57.2 Å². The third-order valence-corrected chi connectivity index (χ3v) is 10.4. The molecule has 1 atom stereocenters. The van der Waals surface area contributed by atoms with Crippen LogP contribution in [0.1, 0.15) is 48.9 Å². The molecule has 3 aromatic heterocycles. The van der Waals surface area contributed by atoms with E-state index in [1.165, 1.54) is 0 Å². The number of amides is 1. The summed E-state index contributed by atoms with van der Waals surface area (Å²) >= 11 is 0. The first kappa shape index (κ1) is 31.9. The van der Waals surface area contributed by atoms with Gasteiger partial charge in [0.15, 0.2) is 5.60 Å². The van der Waals surface area contributed by atoms with Gasteiger partial charge >= 0.3 is 12.1 Å². The van der Waals surface area contributed by atoms with Crippen LogP contribution in [0.2, 0.25) is 0 Å². The largest absolute Gasteiger partial charge is 0.494 e. The van der Waals surface area contributed by atoms with Gasteiger partial charge in [-0.25, -0.2) is 19.6 Å². The second-order valence-corrected chi connectivity index (χ2v) is 13.3. The van der Waals surface area contributed by atoms with Crippen LogP contribution in [0, 0.1) is 0 Å². The van der Waals surface area contributed by atoms with E-state index in [-0.39, 0.29) is 18.6 Å². The standard InChI is InChI=1S/C33H34N4O7S2/c1-3-21-22-16-20(42-13-7-12-35-32(40)43-14-15-45-46-28-8-5-6-11-34-28)9-10-26(22)36-29-23(21)18-37-27(29)17-25-24(30(37)38)19-44-31(39)33(25,41)4-2/h5-6,8-11,16-17,41H,3-4,7,12-15,18-19H2,1-2H3,(H,35,40)/t33-/m0/s1. The second-order valence-electron chi connectivity index (χ2n) is 10.9.